The van der Waals surface area contributed by atoms with Gasteiger partial charge in [-0.2, -0.15) is 0 Å². The number of carbonyl (C=O) groups excluding carboxylic acids is 1. The van der Waals surface area contributed by atoms with Gasteiger partial charge in [0.1, 0.15) is 5.69 Å². The van der Waals surface area contributed by atoms with E-state index in [2.05, 4.69) is 15.3 Å². The number of aliphatic hydroxyl groups excluding tert-OH is 1. The van der Waals surface area contributed by atoms with Crippen LogP contribution in [0.3, 0.4) is 0 Å². The lowest BCUT2D eigenvalue weighted by Crippen LogP contribution is -2.41. The minimum absolute atomic E-state index is 0.183. The van der Waals surface area contributed by atoms with Crippen molar-refractivity contribution in [1.82, 2.24) is 15.3 Å². The van der Waals surface area contributed by atoms with Crippen molar-refractivity contribution in [2.75, 3.05) is 7.11 Å². The van der Waals surface area contributed by atoms with Crippen LogP contribution in [-0.2, 0) is 0 Å². The van der Waals surface area contributed by atoms with E-state index in [1.54, 1.807) is 31.6 Å². The second kappa shape index (κ2) is 6.97. The van der Waals surface area contributed by atoms with Crippen molar-refractivity contribution in [3.63, 3.8) is 0 Å². The van der Waals surface area contributed by atoms with Gasteiger partial charge in [-0.3, -0.25) is 9.78 Å². The molecule has 0 aliphatic heterocycles. The zero-order valence-corrected chi connectivity index (χ0v) is 13.8. The maximum Gasteiger partial charge on any atom is 0.270 e. The fraction of sp³-hybridized carbons (Fsp3) is 0.389. The van der Waals surface area contributed by atoms with E-state index in [-0.39, 0.29) is 24.0 Å². The Bertz CT molecular complexity index is 712. The van der Waals surface area contributed by atoms with E-state index in [4.69, 9.17) is 4.74 Å². The number of amides is 1. The third kappa shape index (κ3) is 3.38. The van der Waals surface area contributed by atoms with Crippen molar-refractivity contribution < 1.29 is 14.6 Å². The first-order valence-corrected chi connectivity index (χ1v) is 7.99. The van der Waals surface area contributed by atoms with Crippen molar-refractivity contribution in [2.45, 2.75) is 31.9 Å². The summed E-state index contributed by atoms with van der Waals surface area (Å²) in [7, 11) is 1.56. The van der Waals surface area contributed by atoms with E-state index < -0.39 is 0 Å². The SMILES string of the molecule is COc1ccc([C@H](NC(=O)c2ncccc2C)C2CC(O)C2)cn1. The van der Waals surface area contributed by atoms with E-state index in [0.717, 1.165) is 11.1 Å². The van der Waals surface area contributed by atoms with Gasteiger partial charge in [-0.1, -0.05) is 12.1 Å². The van der Waals surface area contributed by atoms with Gasteiger partial charge in [0.15, 0.2) is 0 Å². The molecule has 0 saturated heterocycles. The largest absolute Gasteiger partial charge is 0.481 e. The average Bonchev–Trinajstić information content (AvgIpc) is 2.57. The zero-order valence-electron chi connectivity index (χ0n) is 13.8. The number of aryl methyl sites for hydroxylation is 1. The standard InChI is InChI=1S/C18H21N3O3/c1-11-4-3-7-19-16(11)18(23)21-17(13-8-14(22)9-13)12-5-6-15(24-2)20-10-12/h3-7,10,13-14,17,22H,8-9H2,1-2H3,(H,21,23)/t13?,14?,17-/m0/s1. The van der Waals surface area contributed by atoms with Gasteiger partial charge in [0.2, 0.25) is 5.88 Å². The molecule has 2 aromatic rings. The van der Waals surface area contributed by atoms with Gasteiger partial charge in [0.05, 0.1) is 19.3 Å². The van der Waals surface area contributed by atoms with Crippen LogP contribution < -0.4 is 10.1 Å². The van der Waals surface area contributed by atoms with E-state index in [1.165, 1.54) is 0 Å². The molecule has 2 heterocycles. The van der Waals surface area contributed by atoms with Crippen LogP contribution in [0.15, 0.2) is 36.7 Å². The third-order valence-corrected chi connectivity index (χ3v) is 4.46. The first-order valence-electron chi connectivity index (χ1n) is 7.99. The van der Waals surface area contributed by atoms with Gasteiger partial charge in [-0.05, 0) is 42.9 Å². The molecule has 1 amide bonds. The average molecular weight is 327 g/mol. The Morgan fingerprint density at radius 1 is 1.33 bits per heavy atom. The van der Waals surface area contributed by atoms with Crippen LogP contribution in [-0.4, -0.2) is 34.2 Å². The van der Waals surface area contributed by atoms with Gasteiger partial charge in [-0.15, -0.1) is 0 Å². The number of ether oxygens (including phenoxy) is 1. The number of aliphatic hydroxyl groups is 1. The van der Waals surface area contributed by atoms with Crippen molar-refractivity contribution in [1.29, 1.82) is 0 Å². The summed E-state index contributed by atoms with van der Waals surface area (Å²) >= 11 is 0. The summed E-state index contributed by atoms with van der Waals surface area (Å²) in [6.07, 6.45) is 4.35. The highest BCUT2D eigenvalue weighted by atomic mass is 16.5. The van der Waals surface area contributed by atoms with Crippen LogP contribution in [0.1, 0.15) is 40.5 Å². The maximum atomic E-state index is 12.6. The molecular weight excluding hydrogens is 306 g/mol. The molecule has 6 nitrogen and oxygen atoms in total. The monoisotopic (exact) mass is 327 g/mol. The lowest BCUT2D eigenvalue weighted by atomic mass is 9.75. The van der Waals surface area contributed by atoms with E-state index in [0.29, 0.717) is 24.4 Å². The van der Waals surface area contributed by atoms with Crippen LogP contribution in [0, 0.1) is 12.8 Å². The summed E-state index contributed by atoms with van der Waals surface area (Å²) in [6.45, 7) is 1.86. The number of rotatable bonds is 5. The highest BCUT2D eigenvalue weighted by Crippen LogP contribution is 2.38. The number of pyridine rings is 2. The molecule has 0 aromatic carbocycles. The molecule has 126 valence electrons. The molecule has 0 unspecified atom stereocenters. The van der Waals surface area contributed by atoms with Crippen LogP contribution in [0.2, 0.25) is 0 Å². The van der Waals surface area contributed by atoms with Crippen molar-refractivity contribution in [3.8, 4) is 5.88 Å². The summed E-state index contributed by atoms with van der Waals surface area (Å²) in [4.78, 5) is 21.0. The van der Waals surface area contributed by atoms with Gasteiger partial charge in [0, 0.05) is 18.5 Å². The third-order valence-electron chi connectivity index (χ3n) is 4.46. The molecule has 0 bridgehead atoms. The number of carbonyl (C=O) groups is 1. The Kier molecular flexibility index (Phi) is 4.76. The Morgan fingerprint density at radius 2 is 2.12 bits per heavy atom. The first-order chi connectivity index (χ1) is 11.6. The second-order valence-electron chi connectivity index (χ2n) is 6.14. The first kappa shape index (κ1) is 16.4. The number of nitrogens with zero attached hydrogens (tertiary/aromatic N) is 2. The molecule has 1 fully saturated rings. The molecule has 2 N–H and O–H groups in total. The Morgan fingerprint density at radius 3 is 2.71 bits per heavy atom. The van der Waals surface area contributed by atoms with Crippen LogP contribution in [0.5, 0.6) is 5.88 Å². The van der Waals surface area contributed by atoms with Crippen LogP contribution in [0.4, 0.5) is 0 Å². The van der Waals surface area contributed by atoms with Crippen molar-refractivity contribution in [3.05, 3.63) is 53.5 Å². The van der Waals surface area contributed by atoms with Crippen LogP contribution >= 0.6 is 0 Å². The molecule has 3 rings (SSSR count). The minimum Gasteiger partial charge on any atom is -0.481 e. The van der Waals surface area contributed by atoms with Crippen molar-refractivity contribution >= 4 is 5.91 Å². The second-order valence-corrected chi connectivity index (χ2v) is 6.14. The summed E-state index contributed by atoms with van der Waals surface area (Å²) in [5.41, 5.74) is 2.15. The molecule has 1 aliphatic rings. The Balaban J connectivity index is 1.82. The molecule has 0 spiro atoms. The number of aromatic nitrogens is 2. The molecule has 6 heteroatoms. The molecule has 1 saturated carbocycles. The van der Waals surface area contributed by atoms with Gasteiger partial charge in [0.25, 0.3) is 5.91 Å². The molecule has 24 heavy (non-hydrogen) atoms. The van der Waals surface area contributed by atoms with Gasteiger partial charge >= 0.3 is 0 Å². The number of nitrogens with one attached hydrogen (secondary N) is 1. The summed E-state index contributed by atoms with van der Waals surface area (Å²) < 4.78 is 5.08. The number of methoxy groups -OCH3 is 1. The molecule has 1 atom stereocenters. The smallest absolute Gasteiger partial charge is 0.270 e. The Labute approximate surface area is 140 Å². The fourth-order valence-corrected chi connectivity index (χ4v) is 3.00. The van der Waals surface area contributed by atoms with Crippen molar-refractivity contribution in [2.24, 2.45) is 5.92 Å². The molecule has 1 aliphatic carbocycles. The molecule has 0 radical (unpaired) electrons. The minimum atomic E-state index is -0.294. The van der Waals surface area contributed by atoms with E-state index >= 15 is 0 Å². The topological polar surface area (TPSA) is 84.3 Å². The fourth-order valence-electron chi connectivity index (χ4n) is 3.00. The zero-order chi connectivity index (χ0) is 17.1. The van der Waals surface area contributed by atoms with Gasteiger partial charge in [-0.25, -0.2) is 4.98 Å². The lowest BCUT2D eigenvalue weighted by molar-refractivity contribution is 0.0234. The maximum absolute atomic E-state index is 12.6. The predicted octanol–water partition coefficient (Wildman–Crippen LogP) is 2.04. The summed E-state index contributed by atoms with van der Waals surface area (Å²) in [6, 6.07) is 7.13. The number of hydrogen-bond acceptors (Lipinski definition) is 5. The quantitative estimate of drug-likeness (QED) is 0.878. The lowest BCUT2D eigenvalue weighted by Gasteiger charge is -2.38. The number of hydrogen-bond donors (Lipinski definition) is 2. The summed E-state index contributed by atoms with van der Waals surface area (Å²) in [5, 5.41) is 12.7. The van der Waals surface area contributed by atoms with E-state index in [1.807, 2.05) is 19.1 Å². The van der Waals surface area contributed by atoms with E-state index in [9.17, 15) is 9.90 Å². The Hall–Kier alpha value is -2.47. The summed E-state index contributed by atoms with van der Waals surface area (Å²) in [5.74, 6) is 0.497. The molecule has 2 aromatic heterocycles. The van der Waals surface area contributed by atoms with Gasteiger partial charge < -0.3 is 15.2 Å². The highest BCUT2D eigenvalue weighted by molar-refractivity contribution is 5.93. The van der Waals surface area contributed by atoms with Crippen LogP contribution in [0.25, 0.3) is 0 Å². The highest BCUT2D eigenvalue weighted by Gasteiger charge is 2.36. The molecular formula is C18H21N3O3. The normalized spacial score (nSPS) is 20.8. The predicted molar refractivity (Wildman–Crippen MR) is 88.7 cm³/mol.